The molecule has 0 aliphatic rings. The number of anilines is 1. The number of aromatic nitrogens is 1. The minimum absolute atomic E-state index is 0.580. The summed E-state index contributed by atoms with van der Waals surface area (Å²) in [5.74, 6) is 5.27. The second-order valence-corrected chi connectivity index (χ2v) is 2.42. The average Bonchev–Trinajstić information content (AvgIpc) is 2.01. The normalized spacial score (nSPS) is 11.5. The molecule has 0 aliphatic heterocycles. The summed E-state index contributed by atoms with van der Waals surface area (Å²) in [4.78, 5) is 3.95. The second kappa shape index (κ2) is 3.74. The first-order valence-electron chi connectivity index (χ1n) is 3.59. The van der Waals surface area contributed by atoms with Gasteiger partial charge in [-0.2, -0.15) is 0 Å². The molecule has 0 amide bonds. The molecule has 0 saturated carbocycles. The van der Waals surface area contributed by atoms with Gasteiger partial charge in [0.25, 0.3) is 0 Å². The second-order valence-electron chi connectivity index (χ2n) is 2.42. The van der Waals surface area contributed by atoms with Crippen molar-refractivity contribution in [3.8, 4) is 11.8 Å². The van der Waals surface area contributed by atoms with Crippen LogP contribution in [0.15, 0.2) is 18.3 Å². The highest BCUT2D eigenvalue weighted by atomic mass is 16.3. The standard InChI is InChI=1S/C9H10N2O/c1-7(12)2-3-9-6-8(10)4-5-11-9/h4-7,12H,1H3,(H2,10,11). The van der Waals surface area contributed by atoms with E-state index in [1.165, 1.54) is 0 Å². The zero-order valence-corrected chi connectivity index (χ0v) is 6.78. The molecular weight excluding hydrogens is 152 g/mol. The summed E-state index contributed by atoms with van der Waals surface area (Å²) >= 11 is 0. The zero-order valence-electron chi connectivity index (χ0n) is 6.78. The Balaban J connectivity index is 2.85. The molecule has 1 aromatic heterocycles. The van der Waals surface area contributed by atoms with Crippen molar-refractivity contribution in [3.63, 3.8) is 0 Å². The Labute approximate surface area is 71.2 Å². The quantitative estimate of drug-likeness (QED) is 0.543. The van der Waals surface area contributed by atoms with Gasteiger partial charge in [0.1, 0.15) is 11.8 Å². The molecule has 0 bridgehead atoms. The lowest BCUT2D eigenvalue weighted by Crippen LogP contribution is -1.94. The molecule has 62 valence electrons. The molecule has 3 N–H and O–H groups in total. The zero-order chi connectivity index (χ0) is 8.97. The fourth-order valence-corrected chi connectivity index (χ4v) is 0.694. The highest BCUT2D eigenvalue weighted by Gasteiger charge is 1.89. The Bertz CT molecular complexity index is 323. The molecule has 1 rings (SSSR count). The monoisotopic (exact) mass is 162 g/mol. The van der Waals surface area contributed by atoms with Crippen molar-refractivity contribution in [2.24, 2.45) is 0 Å². The highest BCUT2D eigenvalue weighted by Crippen LogP contribution is 2.00. The lowest BCUT2D eigenvalue weighted by molar-refractivity contribution is 0.253. The van der Waals surface area contributed by atoms with Crippen LogP contribution in [0.4, 0.5) is 5.69 Å². The van der Waals surface area contributed by atoms with Crippen LogP contribution in [-0.2, 0) is 0 Å². The van der Waals surface area contributed by atoms with Crippen LogP contribution in [0.5, 0.6) is 0 Å². The van der Waals surface area contributed by atoms with Crippen LogP contribution in [0.1, 0.15) is 12.6 Å². The molecule has 1 atom stereocenters. The number of rotatable bonds is 0. The fourth-order valence-electron chi connectivity index (χ4n) is 0.694. The molecule has 0 fully saturated rings. The molecule has 0 saturated heterocycles. The lowest BCUT2D eigenvalue weighted by atomic mass is 10.3. The van der Waals surface area contributed by atoms with E-state index in [1.807, 2.05) is 0 Å². The minimum Gasteiger partial charge on any atom is -0.399 e. The predicted molar refractivity (Wildman–Crippen MR) is 47.2 cm³/mol. The number of hydrogen-bond donors (Lipinski definition) is 2. The third-order valence-electron chi connectivity index (χ3n) is 1.19. The van der Waals surface area contributed by atoms with Gasteiger partial charge in [-0.1, -0.05) is 5.92 Å². The summed E-state index contributed by atoms with van der Waals surface area (Å²) in [6.45, 7) is 1.60. The van der Waals surface area contributed by atoms with Crippen molar-refractivity contribution in [3.05, 3.63) is 24.0 Å². The summed E-state index contributed by atoms with van der Waals surface area (Å²) in [6.07, 6.45) is 0.953. The number of nitrogen functional groups attached to an aromatic ring is 1. The molecular formula is C9H10N2O. The number of nitrogens with zero attached hydrogens (tertiary/aromatic N) is 1. The van der Waals surface area contributed by atoms with E-state index in [2.05, 4.69) is 16.8 Å². The summed E-state index contributed by atoms with van der Waals surface area (Å²) in [6, 6.07) is 3.35. The van der Waals surface area contributed by atoms with Crippen molar-refractivity contribution >= 4 is 5.69 Å². The van der Waals surface area contributed by atoms with E-state index in [0.29, 0.717) is 11.4 Å². The number of hydrogen-bond acceptors (Lipinski definition) is 3. The Kier molecular flexibility index (Phi) is 2.67. The van der Waals surface area contributed by atoms with Crippen molar-refractivity contribution in [2.45, 2.75) is 13.0 Å². The van der Waals surface area contributed by atoms with Crippen molar-refractivity contribution in [1.29, 1.82) is 0 Å². The van der Waals surface area contributed by atoms with Crippen LogP contribution in [0.25, 0.3) is 0 Å². The third kappa shape index (κ3) is 2.60. The van der Waals surface area contributed by atoms with E-state index < -0.39 is 6.10 Å². The SMILES string of the molecule is CC(O)C#Cc1cc(N)ccn1. The van der Waals surface area contributed by atoms with Crippen LogP contribution < -0.4 is 5.73 Å². The molecule has 0 radical (unpaired) electrons. The van der Waals surface area contributed by atoms with Crippen molar-refractivity contribution in [2.75, 3.05) is 5.73 Å². The van der Waals surface area contributed by atoms with Crippen molar-refractivity contribution in [1.82, 2.24) is 4.98 Å². The maximum Gasteiger partial charge on any atom is 0.115 e. The van der Waals surface area contributed by atoms with E-state index in [0.717, 1.165) is 0 Å². The predicted octanol–water partition coefficient (Wildman–Crippen LogP) is 0.396. The van der Waals surface area contributed by atoms with Crippen molar-refractivity contribution < 1.29 is 5.11 Å². The molecule has 1 aromatic rings. The lowest BCUT2D eigenvalue weighted by Gasteiger charge is -1.92. The topological polar surface area (TPSA) is 59.1 Å². The third-order valence-corrected chi connectivity index (χ3v) is 1.19. The highest BCUT2D eigenvalue weighted by molar-refractivity contribution is 5.42. The maximum atomic E-state index is 8.85. The molecule has 0 aromatic carbocycles. The fraction of sp³-hybridized carbons (Fsp3) is 0.222. The van der Waals surface area contributed by atoms with E-state index in [1.54, 1.807) is 25.3 Å². The van der Waals surface area contributed by atoms with Gasteiger partial charge in [-0.25, -0.2) is 4.98 Å². The van der Waals surface area contributed by atoms with Gasteiger partial charge < -0.3 is 10.8 Å². The Morgan fingerprint density at radius 3 is 3.00 bits per heavy atom. The Morgan fingerprint density at radius 1 is 1.67 bits per heavy atom. The van der Waals surface area contributed by atoms with Gasteiger partial charge in [-0.15, -0.1) is 0 Å². The molecule has 3 nitrogen and oxygen atoms in total. The molecule has 0 spiro atoms. The number of aliphatic hydroxyl groups is 1. The smallest absolute Gasteiger partial charge is 0.115 e. The molecule has 12 heavy (non-hydrogen) atoms. The van der Waals surface area contributed by atoms with Gasteiger partial charge >= 0.3 is 0 Å². The largest absolute Gasteiger partial charge is 0.399 e. The maximum absolute atomic E-state index is 8.85. The summed E-state index contributed by atoms with van der Waals surface area (Å²) in [5, 5.41) is 8.85. The molecule has 1 heterocycles. The van der Waals surface area contributed by atoms with Crippen LogP contribution in [0.2, 0.25) is 0 Å². The van der Waals surface area contributed by atoms with Crippen LogP contribution in [0, 0.1) is 11.8 Å². The summed E-state index contributed by atoms with van der Waals surface area (Å²) in [7, 11) is 0. The van der Waals surface area contributed by atoms with E-state index in [4.69, 9.17) is 10.8 Å². The van der Waals surface area contributed by atoms with Crippen LogP contribution in [0.3, 0.4) is 0 Å². The van der Waals surface area contributed by atoms with Crippen LogP contribution >= 0.6 is 0 Å². The van der Waals surface area contributed by atoms with Gasteiger partial charge in [0.2, 0.25) is 0 Å². The molecule has 3 heteroatoms. The minimum atomic E-state index is -0.631. The van der Waals surface area contributed by atoms with Gasteiger partial charge in [0.05, 0.1) is 0 Å². The van der Waals surface area contributed by atoms with Crippen LogP contribution in [-0.4, -0.2) is 16.2 Å². The van der Waals surface area contributed by atoms with E-state index >= 15 is 0 Å². The first-order chi connectivity index (χ1) is 5.68. The average molecular weight is 162 g/mol. The Hall–Kier alpha value is -1.53. The van der Waals surface area contributed by atoms with E-state index in [9.17, 15) is 0 Å². The number of pyridine rings is 1. The van der Waals surface area contributed by atoms with Gasteiger partial charge in [0.15, 0.2) is 0 Å². The first kappa shape index (κ1) is 8.57. The molecule has 0 aliphatic carbocycles. The number of aliphatic hydroxyl groups excluding tert-OH is 1. The Morgan fingerprint density at radius 2 is 2.42 bits per heavy atom. The van der Waals surface area contributed by atoms with Gasteiger partial charge in [0, 0.05) is 11.9 Å². The van der Waals surface area contributed by atoms with E-state index in [-0.39, 0.29) is 0 Å². The van der Waals surface area contributed by atoms with Gasteiger partial charge in [-0.3, -0.25) is 0 Å². The summed E-state index contributed by atoms with van der Waals surface area (Å²) in [5.41, 5.74) is 6.70. The molecule has 1 unspecified atom stereocenters. The number of nitrogens with two attached hydrogens (primary N) is 1. The summed E-state index contributed by atoms with van der Waals surface area (Å²) < 4.78 is 0. The van der Waals surface area contributed by atoms with Gasteiger partial charge in [-0.05, 0) is 25.0 Å². The first-order valence-corrected chi connectivity index (χ1v) is 3.59.